The second-order valence-corrected chi connectivity index (χ2v) is 13.1. The van der Waals surface area contributed by atoms with Crippen molar-refractivity contribution in [1.82, 2.24) is 10.2 Å². The van der Waals surface area contributed by atoms with Crippen LogP contribution in [0.15, 0.2) is 83.8 Å². The number of amides is 1. The summed E-state index contributed by atoms with van der Waals surface area (Å²) >= 11 is 12.1. The van der Waals surface area contributed by atoms with E-state index in [4.69, 9.17) is 23.2 Å². The van der Waals surface area contributed by atoms with Crippen molar-refractivity contribution >= 4 is 67.3 Å². The highest BCUT2D eigenvalue weighted by atomic mass is 35.5. The third kappa shape index (κ3) is 6.89. The number of halogens is 2. The van der Waals surface area contributed by atoms with E-state index in [1.165, 1.54) is 30.3 Å². The number of fused-ring (bicyclic) bond motifs is 1. The Hall–Kier alpha value is -3.96. The fourth-order valence-electron chi connectivity index (χ4n) is 5.28. The Morgan fingerprint density at radius 2 is 1.55 bits per heavy atom. The van der Waals surface area contributed by atoms with Gasteiger partial charge in [0.1, 0.15) is 6.54 Å². The molecule has 12 heteroatoms. The van der Waals surface area contributed by atoms with E-state index in [1.54, 1.807) is 30.3 Å². The molecule has 1 fully saturated rings. The normalized spacial score (nSPS) is 13.5. The largest absolute Gasteiger partial charge is 0.480 e. The lowest BCUT2D eigenvalue weighted by molar-refractivity contribution is -0.135. The van der Waals surface area contributed by atoms with Gasteiger partial charge in [0, 0.05) is 53.8 Å². The zero-order valence-corrected chi connectivity index (χ0v) is 25.8. The summed E-state index contributed by atoms with van der Waals surface area (Å²) < 4.78 is 27.8. The van der Waals surface area contributed by atoms with E-state index in [0.717, 1.165) is 23.0 Å². The first-order valence-electron chi connectivity index (χ1n) is 13.9. The minimum atomic E-state index is -4.37. The van der Waals surface area contributed by atoms with Crippen LogP contribution in [0.1, 0.15) is 32.7 Å². The van der Waals surface area contributed by atoms with E-state index in [-0.39, 0.29) is 38.7 Å². The molecule has 228 valence electrons. The number of rotatable bonds is 10. The Balaban J connectivity index is 1.41. The maximum atomic E-state index is 13.5. The van der Waals surface area contributed by atoms with Crippen LogP contribution in [0.5, 0.6) is 0 Å². The Morgan fingerprint density at radius 3 is 2.25 bits per heavy atom. The Kier molecular flexibility index (Phi) is 9.55. The summed E-state index contributed by atoms with van der Waals surface area (Å²) in [5.74, 6) is -1.55. The number of piperazine rings is 1. The van der Waals surface area contributed by atoms with Gasteiger partial charge < -0.3 is 15.3 Å². The highest BCUT2D eigenvalue weighted by Gasteiger charge is 2.28. The molecule has 0 saturated carbocycles. The number of anilines is 1. The van der Waals surface area contributed by atoms with E-state index in [9.17, 15) is 27.9 Å². The summed E-state index contributed by atoms with van der Waals surface area (Å²) in [5.41, 5.74) is 1.92. The average Bonchev–Trinajstić information content (AvgIpc) is 3.01. The number of nitrogens with zero attached hydrogens (tertiary/aromatic N) is 2. The molecule has 1 aliphatic rings. The van der Waals surface area contributed by atoms with Crippen LogP contribution in [-0.4, -0.2) is 68.8 Å². The molecule has 44 heavy (non-hydrogen) atoms. The number of carbonyl (C=O) groups is 3. The number of carbonyl (C=O) groups excluding carboxylic acids is 2. The lowest BCUT2D eigenvalue weighted by atomic mass is 9.95. The van der Waals surface area contributed by atoms with Crippen LogP contribution in [0.25, 0.3) is 10.8 Å². The first-order chi connectivity index (χ1) is 21.0. The highest BCUT2D eigenvalue weighted by Crippen LogP contribution is 2.31. The fourth-order valence-corrected chi connectivity index (χ4v) is 7.41. The first-order valence-corrected chi connectivity index (χ1v) is 16.1. The standard InChI is InChI=1S/C32H29Cl2N3O6S/c33-23-17-24(34)19-26(18-23)44(42,43)37(20-31(39)40)25-9-10-27-22(16-25)5-3-7-29(27)30(38)11-8-21-4-1-2-6-28(21)32(41)36-14-12-35-13-15-36/h1-7,9-10,16-19,35H,8,11-15,20H2,(H,39,40). The molecule has 1 amide bonds. The fraction of sp³-hybridized carbons (Fsp3) is 0.219. The second-order valence-electron chi connectivity index (χ2n) is 10.3. The van der Waals surface area contributed by atoms with Crippen LogP contribution >= 0.6 is 23.2 Å². The Labute approximate surface area is 265 Å². The van der Waals surface area contributed by atoms with Crippen molar-refractivity contribution in [2.24, 2.45) is 0 Å². The molecule has 0 atom stereocenters. The van der Waals surface area contributed by atoms with Crippen molar-refractivity contribution in [2.45, 2.75) is 17.7 Å². The number of benzene rings is 4. The van der Waals surface area contributed by atoms with Crippen molar-refractivity contribution in [3.05, 3.63) is 106 Å². The number of aryl methyl sites for hydroxylation is 1. The van der Waals surface area contributed by atoms with Gasteiger partial charge in [-0.1, -0.05) is 65.7 Å². The van der Waals surface area contributed by atoms with Gasteiger partial charge in [-0.05, 0) is 59.2 Å². The van der Waals surface area contributed by atoms with Crippen molar-refractivity contribution < 1.29 is 27.9 Å². The summed E-state index contributed by atoms with van der Waals surface area (Å²) in [7, 11) is -4.37. The van der Waals surface area contributed by atoms with Gasteiger partial charge in [-0.2, -0.15) is 0 Å². The highest BCUT2D eigenvalue weighted by molar-refractivity contribution is 7.92. The third-order valence-corrected chi connectivity index (χ3v) is 9.62. The third-order valence-electron chi connectivity index (χ3n) is 7.43. The van der Waals surface area contributed by atoms with Gasteiger partial charge in [0.15, 0.2) is 5.78 Å². The van der Waals surface area contributed by atoms with Gasteiger partial charge in [-0.3, -0.25) is 18.7 Å². The van der Waals surface area contributed by atoms with Crippen molar-refractivity contribution in [2.75, 3.05) is 37.0 Å². The zero-order chi connectivity index (χ0) is 31.4. The quantitative estimate of drug-likeness (QED) is 0.223. The Bertz CT molecular complexity index is 1840. The van der Waals surface area contributed by atoms with Gasteiger partial charge >= 0.3 is 5.97 Å². The molecule has 0 radical (unpaired) electrons. The SMILES string of the molecule is O=C(O)CN(c1ccc2c(C(=O)CCc3ccccc3C(=O)N3CCNCC3)cccc2c1)S(=O)(=O)c1cc(Cl)cc(Cl)c1. The second kappa shape index (κ2) is 13.4. The minimum Gasteiger partial charge on any atom is -0.480 e. The number of carboxylic acids is 1. The van der Waals surface area contributed by atoms with Gasteiger partial charge in [0.25, 0.3) is 15.9 Å². The molecule has 9 nitrogen and oxygen atoms in total. The smallest absolute Gasteiger partial charge is 0.324 e. The molecule has 1 heterocycles. The maximum Gasteiger partial charge on any atom is 0.324 e. The number of hydrogen-bond donors (Lipinski definition) is 2. The van der Waals surface area contributed by atoms with Crippen LogP contribution in [0.2, 0.25) is 10.0 Å². The lowest BCUT2D eigenvalue weighted by Crippen LogP contribution is -2.46. The molecule has 2 N–H and O–H groups in total. The predicted molar refractivity (Wildman–Crippen MR) is 170 cm³/mol. The average molecular weight is 655 g/mol. The number of hydrogen-bond acceptors (Lipinski definition) is 6. The molecular weight excluding hydrogens is 625 g/mol. The van der Waals surface area contributed by atoms with Crippen LogP contribution in [0.3, 0.4) is 0 Å². The topological polar surface area (TPSA) is 124 Å². The minimum absolute atomic E-state index is 0.0480. The number of ketones is 1. The van der Waals surface area contributed by atoms with Gasteiger partial charge in [0.05, 0.1) is 10.6 Å². The first kappa shape index (κ1) is 31.5. The van der Waals surface area contributed by atoms with E-state index in [2.05, 4.69) is 5.32 Å². The van der Waals surface area contributed by atoms with Crippen molar-refractivity contribution in [1.29, 1.82) is 0 Å². The van der Waals surface area contributed by atoms with E-state index in [1.807, 2.05) is 23.1 Å². The van der Waals surface area contributed by atoms with Crippen LogP contribution in [0.4, 0.5) is 5.69 Å². The number of sulfonamides is 1. The molecule has 0 aliphatic carbocycles. The molecule has 4 aromatic carbocycles. The zero-order valence-electron chi connectivity index (χ0n) is 23.5. The molecule has 0 unspecified atom stereocenters. The molecule has 0 spiro atoms. The number of Topliss-reactive ketones (excluding diaryl/α,β-unsaturated/α-hetero) is 1. The molecule has 1 saturated heterocycles. The maximum absolute atomic E-state index is 13.5. The van der Waals surface area contributed by atoms with Crippen molar-refractivity contribution in [3.8, 4) is 0 Å². The van der Waals surface area contributed by atoms with Crippen LogP contribution in [-0.2, 0) is 21.2 Å². The lowest BCUT2D eigenvalue weighted by Gasteiger charge is -2.28. The summed E-state index contributed by atoms with van der Waals surface area (Å²) in [4.78, 5) is 39.9. The molecule has 0 bridgehead atoms. The van der Waals surface area contributed by atoms with E-state index < -0.39 is 22.5 Å². The summed E-state index contributed by atoms with van der Waals surface area (Å²) in [6, 6.07) is 20.8. The number of carboxylic acid groups (broad SMARTS) is 1. The Morgan fingerprint density at radius 1 is 0.864 bits per heavy atom. The van der Waals surface area contributed by atoms with Crippen LogP contribution < -0.4 is 9.62 Å². The molecule has 0 aromatic heterocycles. The van der Waals surface area contributed by atoms with Gasteiger partial charge in [0.2, 0.25) is 0 Å². The molecule has 5 rings (SSSR count). The predicted octanol–water partition coefficient (Wildman–Crippen LogP) is 5.29. The van der Waals surface area contributed by atoms with Crippen LogP contribution in [0, 0.1) is 0 Å². The van der Waals surface area contributed by atoms with E-state index in [0.29, 0.717) is 41.4 Å². The monoisotopic (exact) mass is 653 g/mol. The summed E-state index contributed by atoms with van der Waals surface area (Å²) in [6.07, 6.45) is 0.524. The molecular formula is C32H29Cl2N3O6S. The van der Waals surface area contributed by atoms with E-state index >= 15 is 0 Å². The summed E-state index contributed by atoms with van der Waals surface area (Å²) in [6.45, 7) is 1.89. The number of aliphatic carboxylic acids is 1. The summed E-state index contributed by atoms with van der Waals surface area (Å²) in [5, 5.41) is 14.1. The molecule has 1 aliphatic heterocycles. The van der Waals surface area contributed by atoms with Gasteiger partial charge in [-0.25, -0.2) is 8.42 Å². The molecule has 4 aromatic rings. The number of nitrogens with one attached hydrogen (secondary N) is 1. The van der Waals surface area contributed by atoms with Crippen molar-refractivity contribution in [3.63, 3.8) is 0 Å². The van der Waals surface area contributed by atoms with Gasteiger partial charge in [-0.15, -0.1) is 0 Å².